The highest BCUT2D eigenvalue weighted by atomic mass is 16.5. The van der Waals surface area contributed by atoms with E-state index in [0.29, 0.717) is 35.0 Å². The largest absolute Gasteiger partial charge is 0.493 e. The molecule has 1 aliphatic carbocycles. The van der Waals surface area contributed by atoms with Gasteiger partial charge in [-0.25, -0.2) is 0 Å². The summed E-state index contributed by atoms with van der Waals surface area (Å²) in [6, 6.07) is 10.9. The molecule has 0 amide bonds. The molecule has 2 aromatic rings. The molecule has 0 saturated carbocycles. The Balaban J connectivity index is 2.12. The summed E-state index contributed by atoms with van der Waals surface area (Å²) in [4.78, 5) is 26.0. The average molecular weight is 440 g/mol. The van der Waals surface area contributed by atoms with Crippen LogP contribution in [-0.2, 0) is 14.3 Å². The van der Waals surface area contributed by atoms with Crippen LogP contribution in [0.5, 0.6) is 23.0 Å². The standard InChI is InChI=1S/C25H28O7/c1-6-32-25(27)23-18(17-8-7-9-21(29-3)24(17)31-5)12-16(13-19(23)26)15-10-11-20(28-2)22(14-15)30-4/h7-11,13-14,18,23H,6,12H2,1-5H3/t18-,23+/m0/s1. The first-order chi connectivity index (χ1) is 15.5. The SMILES string of the molecule is CCOC(=O)[C@H]1C(=O)C=C(c2ccc(OC)c(OC)c2)C[C@H]1c1cccc(OC)c1OC. The first kappa shape index (κ1) is 23.2. The molecule has 7 heteroatoms. The van der Waals surface area contributed by atoms with Crippen LogP contribution < -0.4 is 18.9 Å². The van der Waals surface area contributed by atoms with Crippen molar-refractivity contribution in [1.29, 1.82) is 0 Å². The Kier molecular flexibility index (Phi) is 7.41. The summed E-state index contributed by atoms with van der Waals surface area (Å²) in [7, 11) is 6.21. The second-order valence-electron chi connectivity index (χ2n) is 7.26. The average Bonchev–Trinajstić information content (AvgIpc) is 2.82. The topological polar surface area (TPSA) is 80.3 Å². The summed E-state index contributed by atoms with van der Waals surface area (Å²) in [5.74, 6) is -0.141. The number of rotatable bonds is 8. The molecule has 1 aliphatic rings. The summed E-state index contributed by atoms with van der Waals surface area (Å²) in [6.45, 7) is 1.91. The molecule has 0 spiro atoms. The lowest BCUT2D eigenvalue weighted by molar-refractivity contribution is -0.151. The third kappa shape index (κ3) is 4.42. The zero-order valence-corrected chi connectivity index (χ0v) is 19.0. The van der Waals surface area contributed by atoms with Crippen LogP contribution in [0, 0.1) is 5.92 Å². The van der Waals surface area contributed by atoms with E-state index in [1.54, 1.807) is 40.4 Å². The fourth-order valence-corrected chi connectivity index (χ4v) is 4.12. The molecule has 32 heavy (non-hydrogen) atoms. The van der Waals surface area contributed by atoms with Crippen LogP contribution in [-0.4, -0.2) is 46.8 Å². The lowest BCUT2D eigenvalue weighted by Crippen LogP contribution is -2.34. The van der Waals surface area contributed by atoms with Gasteiger partial charge in [0, 0.05) is 11.5 Å². The van der Waals surface area contributed by atoms with Crippen molar-refractivity contribution in [1.82, 2.24) is 0 Å². The number of benzene rings is 2. The highest BCUT2D eigenvalue weighted by Crippen LogP contribution is 2.46. The number of esters is 1. The monoisotopic (exact) mass is 440 g/mol. The van der Waals surface area contributed by atoms with E-state index >= 15 is 0 Å². The minimum atomic E-state index is -0.972. The van der Waals surface area contributed by atoms with Crippen molar-refractivity contribution >= 4 is 17.3 Å². The predicted molar refractivity (Wildman–Crippen MR) is 120 cm³/mol. The van der Waals surface area contributed by atoms with Gasteiger partial charge in [-0.05, 0) is 48.8 Å². The van der Waals surface area contributed by atoms with Gasteiger partial charge in [0.2, 0.25) is 0 Å². The van der Waals surface area contributed by atoms with Gasteiger partial charge < -0.3 is 23.7 Å². The third-order valence-electron chi connectivity index (χ3n) is 5.59. The van der Waals surface area contributed by atoms with Crippen molar-refractivity contribution in [2.75, 3.05) is 35.0 Å². The lowest BCUT2D eigenvalue weighted by atomic mass is 9.73. The molecule has 0 saturated heterocycles. The molecule has 0 heterocycles. The number of para-hydroxylation sites is 1. The minimum Gasteiger partial charge on any atom is -0.493 e. The van der Waals surface area contributed by atoms with Crippen molar-refractivity contribution in [2.24, 2.45) is 5.92 Å². The van der Waals surface area contributed by atoms with Crippen molar-refractivity contribution in [2.45, 2.75) is 19.3 Å². The van der Waals surface area contributed by atoms with Gasteiger partial charge in [-0.15, -0.1) is 0 Å². The third-order valence-corrected chi connectivity index (χ3v) is 5.59. The summed E-state index contributed by atoms with van der Waals surface area (Å²) in [5, 5.41) is 0. The van der Waals surface area contributed by atoms with Gasteiger partial charge in [0.1, 0.15) is 5.92 Å². The summed E-state index contributed by atoms with van der Waals surface area (Å²) >= 11 is 0. The van der Waals surface area contributed by atoms with E-state index < -0.39 is 17.8 Å². The normalized spacial score (nSPS) is 17.9. The number of methoxy groups -OCH3 is 4. The first-order valence-corrected chi connectivity index (χ1v) is 10.3. The van der Waals surface area contributed by atoms with Crippen LogP contribution in [0.4, 0.5) is 0 Å². The van der Waals surface area contributed by atoms with Gasteiger partial charge in [-0.3, -0.25) is 9.59 Å². The Morgan fingerprint density at radius 2 is 1.66 bits per heavy atom. The Bertz CT molecular complexity index is 1020. The van der Waals surface area contributed by atoms with E-state index in [1.165, 1.54) is 13.2 Å². The van der Waals surface area contributed by atoms with Crippen molar-refractivity contribution < 1.29 is 33.3 Å². The molecule has 170 valence electrons. The molecule has 0 aromatic heterocycles. The number of hydrogen-bond acceptors (Lipinski definition) is 7. The van der Waals surface area contributed by atoms with E-state index in [-0.39, 0.29) is 12.4 Å². The van der Waals surface area contributed by atoms with E-state index in [1.807, 2.05) is 24.3 Å². The molecular formula is C25H28O7. The molecule has 7 nitrogen and oxygen atoms in total. The Morgan fingerprint density at radius 3 is 2.28 bits per heavy atom. The van der Waals surface area contributed by atoms with Gasteiger partial charge in [-0.2, -0.15) is 0 Å². The van der Waals surface area contributed by atoms with Gasteiger partial charge in [0.15, 0.2) is 28.8 Å². The molecule has 0 N–H and O–H groups in total. The van der Waals surface area contributed by atoms with Gasteiger partial charge in [0.05, 0.1) is 35.0 Å². The number of carbonyl (C=O) groups excluding carboxylic acids is 2. The Morgan fingerprint density at radius 1 is 0.938 bits per heavy atom. The zero-order valence-electron chi connectivity index (χ0n) is 19.0. The van der Waals surface area contributed by atoms with Crippen molar-refractivity contribution in [3.63, 3.8) is 0 Å². The molecule has 0 unspecified atom stereocenters. The molecular weight excluding hydrogens is 412 g/mol. The van der Waals surface area contributed by atoms with Crippen molar-refractivity contribution in [3.05, 3.63) is 53.6 Å². The summed E-state index contributed by atoms with van der Waals surface area (Å²) in [6.07, 6.45) is 1.94. The molecule has 2 atom stereocenters. The number of allylic oxidation sites excluding steroid dienone is 2. The van der Waals surface area contributed by atoms with Crippen LogP contribution in [0.15, 0.2) is 42.5 Å². The van der Waals surface area contributed by atoms with Crippen LogP contribution in [0.25, 0.3) is 5.57 Å². The quantitative estimate of drug-likeness (QED) is 0.453. The molecule has 0 aliphatic heterocycles. The van der Waals surface area contributed by atoms with Crippen LogP contribution in [0.3, 0.4) is 0 Å². The van der Waals surface area contributed by atoms with E-state index in [0.717, 1.165) is 11.1 Å². The van der Waals surface area contributed by atoms with E-state index in [4.69, 9.17) is 23.7 Å². The molecule has 3 rings (SSSR count). The fourth-order valence-electron chi connectivity index (χ4n) is 4.12. The number of ether oxygens (including phenoxy) is 5. The first-order valence-electron chi connectivity index (χ1n) is 10.3. The Hall–Kier alpha value is -3.48. The second-order valence-corrected chi connectivity index (χ2v) is 7.26. The van der Waals surface area contributed by atoms with E-state index in [2.05, 4.69) is 0 Å². The van der Waals surface area contributed by atoms with Gasteiger partial charge in [-0.1, -0.05) is 18.2 Å². The smallest absolute Gasteiger partial charge is 0.317 e. The van der Waals surface area contributed by atoms with Crippen LogP contribution >= 0.6 is 0 Å². The van der Waals surface area contributed by atoms with Gasteiger partial charge >= 0.3 is 5.97 Å². The maximum absolute atomic E-state index is 13.2. The molecule has 0 radical (unpaired) electrons. The maximum atomic E-state index is 13.2. The number of hydrogen-bond donors (Lipinski definition) is 0. The number of ketones is 1. The lowest BCUT2D eigenvalue weighted by Gasteiger charge is -2.31. The van der Waals surface area contributed by atoms with E-state index in [9.17, 15) is 9.59 Å². The molecule has 0 bridgehead atoms. The second kappa shape index (κ2) is 10.2. The summed E-state index contributed by atoms with van der Waals surface area (Å²) in [5.41, 5.74) is 2.31. The fraction of sp³-hybridized carbons (Fsp3) is 0.360. The van der Waals surface area contributed by atoms with Crippen LogP contribution in [0.2, 0.25) is 0 Å². The number of carbonyl (C=O) groups is 2. The molecule has 0 fully saturated rings. The summed E-state index contributed by atoms with van der Waals surface area (Å²) < 4.78 is 27.0. The highest BCUT2D eigenvalue weighted by molar-refractivity contribution is 6.10. The molecule has 2 aromatic carbocycles. The predicted octanol–water partition coefficient (Wildman–Crippen LogP) is 4.04. The highest BCUT2D eigenvalue weighted by Gasteiger charge is 2.41. The maximum Gasteiger partial charge on any atom is 0.317 e. The minimum absolute atomic E-state index is 0.191. The Labute approximate surface area is 187 Å². The van der Waals surface area contributed by atoms with Crippen LogP contribution in [0.1, 0.15) is 30.4 Å². The van der Waals surface area contributed by atoms with Crippen molar-refractivity contribution in [3.8, 4) is 23.0 Å². The zero-order chi connectivity index (χ0) is 23.3. The van der Waals surface area contributed by atoms with Gasteiger partial charge in [0.25, 0.3) is 0 Å².